The summed E-state index contributed by atoms with van der Waals surface area (Å²) in [7, 11) is 2.17. The summed E-state index contributed by atoms with van der Waals surface area (Å²) in [5.41, 5.74) is 4.61. The predicted octanol–water partition coefficient (Wildman–Crippen LogP) is 4.77. The molecule has 0 aliphatic heterocycles. The number of nitrogens with zero attached hydrogens (tertiary/aromatic N) is 1. The van der Waals surface area contributed by atoms with Crippen LogP contribution < -0.4 is 5.72 Å². The smallest absolute Gasteiger partial charge is 0.202 e. The minimum absolute atomic E-state index is 0.262. The minimum Gasteiger partial charge on any atom is -0.354 e. The maximum Gasteiger partial charge on any atom is 0.202 e. The van der Waals surface area contributed by atoms with Crippen molar-refractivity contribution in [2.45, 2.75) is 32.0 Å². The van der Waals surface area contributed by atoms with Crippen molar-refractivity contribution in [3.63, 3.8) is 0 Å². The molecule has 0 amide bonds. The third kappa shape index (κ3) is 4.10. The molecule has 4 heteroatoms. The fourth-order valence-corrected chi connectivity index (χ4v) is 3.05. The Morgan fingerprint density at radius 1 is 1.04 bits per heavy atom. The zero-order valence-electron chi connectivity index (χ0n) is 14.0. The zero-order valence-corrected chi connectivity index (χ0v) is 14.8. The molecule has 2 aromatic carbocycles. The molecule has 1 atom stereocenters. The fraction of sp³-hybridized carbons (Fsp3) is 0.250. The van der Waals surface area contributed by atoms with Gasteiger partial charge in [-0.05, 0) is 29.2 Å². The van der Waals surface area contributed by atoms with Gasteiger partial charge in [-0.2, -0.15) is 0 Å². The van der Waals surface area contributed by atoms with Gasteiger partial charge in [0.2, 0.25) is 7.28 Å². The summed E-state index contributed by atoms with van der Waals surface area (Å²) in [5.74, 6) is 0.718. The van der Waals surface area contributed by atoms with Gasteiger partial charge < -0.3 is 4.98 Å². The van der Waals surface area contributed by atoms with E-state index in [2.05, 4.69) is 67.5 Å². The molecule has 0 aliphatic carbocycles. The SMILES string of the molecule is CC(C)c1cnc([B]CC(c2ccccc2)c2cccc(Cl)c2)[nH]1. The zero-order chi connectivity index (χ0) is 16.9. The summed E-state index contributed by atoms with van der Waals surface area (Å²) in [6.07, 6.45) is 2.79. The van der Waals surface area contributed by atoms with Crippen LogP contribution in [0.1, 0.15) is 42.5 Å². The third-order valence-electron chi connectivity index (χ3n) is 4.24. The number of imidazole rings is 1. The lowest BCUT2D eigenvalue weighted by Crippen LogP contribution is -2.21. The third-order valence-corrected chi connectivity index (χ3v) is 4.47. The number of H-pyrrole nitrogens is 1. The van der Waals surface area contributed by atoms with Crippen molar-refractivity contribution in [1.82, 2.24) is 9.97 Å². The van der Waals surface area contributed by atoms with E-state index < -0.39 is 0 Å². The molecule has 0 saturated carbocycles. The van der Waals surface area contributed by atoms with Crippen molar-refractivity contribution in [3.8, 4) is 0 Å². The van der Waals surface area contributed by atoms with Crippen LogP contribution >= 0.6 is 11.6 Å². The number of rotatable bonds is 6. The summed E-state index contributed by atoms with van der Waals surface area (Å²) < 4.78 is 0. The van der Waals surface area contributed by atoms with Crippen molar-refractivity contribution < 1.29 is 0 Å². The molecule has 0 bridgehead atoms. The predicted molar refractivity (Wildman–Crippen MR) is 103 cm³/mol. The van der Waals surface area contributed by atoms with Crippen LogP contribution in [0.25, 0.3) is 0 Å². The van der Waals surface area contributed by atoms with Crippen molar-refractivity contribution in [1.29, 1.82) is 0 Å². The molecule has 3 rings (SSSR count). The van der Waals surface area contributed by atoms with Crippen molar-refractivity contribution >= 4 is 24.6 Å². The Morgan fingerprint density at radius 3 is 2.46 bits per heavy atom. The number of hydrogen-bond acceptors (Lipinski definition) is 1. The summed E-state index contributed by atoms with van der Waals surface area (Å²) in [5, 5.41) is 0.772. The largest absolute Gasteiger partial charge is 0.354 e. The van der Waals surface area contributed by atoms with E-state index in [1.54, 1.807) is 0 Å². The van der Waals surface area contributed by atoms with Gasteiger partial charge in [-0.25, -0.2) is 0 Å². The van der Waals surface area contributed by atoms with E-state index in [0.29, 0.717) is 5.92 Å². The highest BCUT2D eigenvalue weighted by molar-refractivity contribution is 6.51. The normalized spacial score (nSPS) is 12.3. The van der Waals surface area contributed by atoms with E-state index in [9.17, 15) is 0 Å². The first-order valence-electron chi connectivity index (χ1n) is 8.32. The van der Waals surface area contributed by atoms with E-state index in [4.69, 9.17) is 11.6 Å². The molecule has 1 unspecified atom stereocenters. The van der Waals surface area contributed by atoms with Gasteiger partial charge in [0, 0.05) is 22.8 Å². The van der Waals surface area contributed by atoms with Gasteiger partial charge >= 0.3 is 0 Å². The average molecular weight is 336 g/mol. The van der Waals surface area contributed by atoms with Crippen molar-refractivity contribution in [3.05, 3.63) is 82.6 Å². The van der Waals surface area contributed by atoms with Crippen LogP contribution in [0.2, 0.25) is 11.3 Å². The molecule has 0 spiro atoms. The Hall–Kier alpha value is -2.00. The minimum atomic E-state index is 0.262. The van der Waals surface area contributed by atoms with Crippen LogP contribution in [0.3, 0.4) is 0 Å². The van der Waals surface area contributed by atoms with Gasteiger partial charge in [-0.3, -0.25) is 4.98 Å². The Labute approximate surface area is 149 Å². The number of nitrogens with one attached hydrogen (secondary N) is 1. The van der Waals surface area contributed by atoms with Crippen molar-refractivity contribution in [2.24, 2.45) is 0 Å². The van der Waals surface area contributed by atoms with Crippen LogP contribution in [-0.4, -0.2) is 17.2 Å². The van der Waals surface area contributed by atoms with E-state index in [-0.39, 0.29) is 5.92 Å². The van der Waals surface area contributed by atoms with Crippen LogP contribution in [0, 0.1) is 0 Å². The molecule has 121 valence electrons. The lowest BCUT2D eigenvalue weighted by atomic mass is 9.66. The second-order valence-electron chi connectivity index (χ2n) is 6.34. The topological polar surface area (TPSA) is 28.7 Å². The summed E-state index contributed by atoms with van der Waals surface area (Å²) >= 11 is 6.20. The molecule has 1 heterocycles. The molecule has 0 fully saturated rings. The fourth-order valence-electron chi connectivity index (χ4n) is 2.85. The van der Waals surface area contributed by atoms with Crippen molar-refractivity contribution in [2.75, 3.05) is 0 Å². The highest BCUT2D eigenvalue weighted by Gasteiger charge is 2.16. The molecule has 0 aliphatic rings. The van der Waals surface area contributed by atoms with Crippen LogP contribution in [-0.2, 0) is 0 Å². The molecule has 24 heavy (non-hydrogen) atoms. The molecular weight excluding hydrogens is 314 g/mol. The molecule has 1 N–H and O–H groups in total. The molecule has 0 saturated heterocycles. The van der Waals surface area contributed by atoms with E-state index in [0.717, 1.165) is 17.1 Å². The Morgan fingerprint density at radius 2 is 1.79 bits per heavy atom. The average Bonchev–Trinajstić information content (AvgIpc) is 3.05. The highest BCUT2D eigenvalue weighted by Crippen LogP contribution is 2.29. The lowest BCUT2D eigenvalue weighted by molar-refractivity contribution is 0.834. The monoisotopic (exact) mass is 335 g/mol. The molecule has 3 aromatic rings. The van der Waals surface area contributed by atoms with Crippen LogP contribution in [0.4, 0.5) is 0 Å². The standard InChI is InChI=1S/C20H21BClN2/c1-14(2)19-13-23-20(24-19)21-12-18(15-7-4-3-5-8-15)16-9-6-10-17(22)11-16/h3-11,13-14,18H,12H2,1-2H3,(H,23,24). The van der Waals surface area contributed by atoms with Gasteiger partial charge in [0.1, 0.15) is 0 Å². The second-order valence-corrected chi connectivity index (χ2v) is 6.77. The van der Waals surface area contributed by atoms with Gasteiger partial charge in [-0.15, -0.1) is 0 Å². The Bertz CT molecular complexity index is 783. The highest BCUT2D eigenvalue weighted by atomic mass is 35.5. The lowest BCUT2D eigenvalue weighted by Gasteiger charge is -2.17. The summed E-state index contributed by atoms with van der Waals surface area (Å²) in [6.45, 7) is 4.33. The number of aromatic amines is 1. The molecule has 1 aromatic heterocycles. The van der Waals surface area contributed by atoms with E-state index in [1.165, 1.54) is 16.8 Å². The molecule has 1 radical (unpaired) electrons. The number of hydrogen-bond donors (Lipinski definition) is 1. The maximum atomic E-state index is 6.20. The van der Waals surface area contributed by atoms with Crippen LogP contribution in [0.5, 0.6) is 0 Å². The molecule has 2 nitrogen and oxygen atoms in total. The molecular formula is C20H21BClN2. The first kappa shape index (κ1) is 16.8. The number of halogens is 1. The van der Waals surface area contributed by atoms with E-state index in [1.807, 2.05) is 24.4 Å². The van der Waals surface area contributed by atoms with Gasteiger partial charge in [-0.1, -0.05) is 74.2 Å². The quantitative estimate of drug-likeness (QED) is 0.646. The summed E-state index contributed by atoms with van der Waals surface area (Å²) in [6, 6.07) is 18.7. The number of benzene rings is 2. The van der Waals surface area contributed by atoms with Gasteiger partial charge in [0.25, 0.3) is 0 Å². The Kier molecular flexibility index (Phi) is 5.42. The van der Waals surface area contributed by atoms with Gasteiger partial charge in [0.05, 0.1) is 5.72 Å². The number of aromatic nitrogens is 2. The second kappa shape index (κ2) is 7.72. The first-order valence-corrected chi connectivity index (χ1v) is 8.70. The Balaban J connectivity index is 1.82. The first-order chi connectivity index (χ1) is 11.6. The van der Waals surface area contributed by atoms with Gasteiger partial charge in [0.15, 0.2) is 0 Å². The summed E-state index contributed by atoms with van der Waals surface area (Å²) in [4.78, 5) is 7.87. The maximum absolute atomic E-state index is 6.20. The van der Waals surface area contributed by atoms with Crippen LogP contribution in [0.15, 0.2) is 60.8 Å². The van der Waals surface area contributed by atoms with E-state index >= 15 is 0 Å².